The second kappa shape index (κ2) is 6.36. The normalized spacial score (nSPS) is 34.1. The van der Waals surface area contributed by atoms with Crippen molar-refractivity contribution in [1.82, 2.24) is 0 Å². The minimum Gasteiger partial charge on any atom is -0.381 e. The van der Waals surface area contributed by atoms with Crippen molar-refractivity contribution in [3.05, 3.63) is 0 Å². The van der Waals surface area contributed by atoms with E-state index in [1.54, 1.807) is 0 Å². The van der Waals surface area contributed by atoms with E-state index in [9.17, 15) is 0 Å². The Balaban J connectivity index is 1.86. The molecule has 2 unspecified atom stereocenters. The Bertz CT molecular complexity index is 284. The highest BCUT2D eigenvalue weighted by Gasteiger charge is 2.36. The van der Waals surface area contributed by atoms with Gasteiger partial charge in [-0.25, -0.2) is 0 Å². The average molecular weight is 286 g/mol. The average Bonchev–Trinajstić information content (AvgIpc) is 2.35. The van der Waals surface area contributed by atoms with Crippen LogP contribution in [-0.4, -0.2) is 31.7 Å². The number of thiol groups is 1. The van der Waals surface area contributed by atoms with E-state index in [0.717, 1.165) is 44.3 Å². The van der Waals surface area contributed by atoms with Crippen LogP contribution in [0.2, 0.25) is 0 Å². The predicted octanol–water partition coefficient (Wildman–Crippen LogP) is 3.94. The highest BCUT2D eigenvalue weighted by molar-refractivity contribution is 7.80. The van der Waals surface area contributed by atoms with E-state index in [0.29, 0.717) is 11.5 Å². The molecule has 1 aliphatic carbocycles. The summed E-state index contributed by atoms with van der Waals surface area (Å²) in [6.45, 7) is 9.73. The first kappa shape index (κ1) is 15.7. The van der Waals surface area contributed by atoms with Crippen molar-refractivity contribution in [2.75, 3.05) is 25.6 Å². The Morgan fingerprint density at radius 2 is 1.89 bits per heavy atom. The molecular formula is C16H30O2S. The highest BCUT2D eigenvalue weighted by Crippen LogP contribution is 2.41. The standard InChI is InChI=1S/C16H30O2S/c1-13-8-14(10-15(2,3)9-13)18-11-16(12-19)4-6-17-7-5-16/h13-14,19H,4-12H2,1-3H3. The molecule has 0 bridgehead atoms. The van der Waals surface area contributed by atoms with Gasteiger partial charge in [0.25, 0.3) is 0 Å². The van der Waals surface area contributed by atoms with Gasteiger partial charge >= 0.3 is 0 Å². The number of ether oxygens (including phenoxy) is 2. The summed E-state index contributed by atoms with van der Waals surface area (Å²) in [5.41, 5.74) is 0.693. The van der Waals surface area contributed by atoms with Gasteiger partial charge in [0.15, 0.2) is 0 Å². The third kappa shape index (κ3) is 4.37. The van der Waals surface area contributed by atoms with Gasteiger partial charge in [0.05, 0.1) is 12.7 Å². The fourth-order valence-corrected chi connectivity index (χ4v) is 4.24. The summed E-state index contributed by atoms with van der Waals surface area (Å²) in [7, 11) is 0. The van der Waals surface area contributed by atoms with Gasteiger partial charge < -0.3 is 9.47 Å². The van der Waals surface area contributed by atoms with Crippen LogP contribution in [0.4, 0.5) is 0 Å². The molecule has 1 saturated heterocycles. The van der Waals surface area contributed by atoms with E-state index in [4.69, 9.17) is 9.47 Å². The molecule has 0 aromatic heterocycles. The summed E-state index contributed by atoms with van der Waals surface area (Å²) in [6.07, 6.45) is 6.40. The molecule has 19 heavy (non-hydrogen) atoms. The Labute approximate surface area is 124 Å². The molecule has 1 heterocycles. The Kier molecular flexibility index (Phi) is 5.24. The molecule has 0 N–H and O–H groups in total. The van der Waals surface area contributed by atoms with Crippen LogP contribution in [-0.2, 0) is 9.47 Å². The third-order valence-electron chi connectivity index (χ3n) is 4.86. The lowest BCUT2D eigenvalue weighted by molar-refractivity contribution is -0.0805. The van der Waals surface area contributed by atoms with Crippen LogP contribution < -0.4 is 0 Å². The minimum atomic E-state index is 0.256. The van der Waals surface area contributed by atoms with Crippen molar-refractivity contribution in [1.29, 1.82) is 0 Å². The largest absolute Gasteiger partial charge is 0.381 e. The van der Waals surface area contributed by atoms with E-state index < -0.39 is 0 Å². The predicted molar refractivity (Wildman–Crippen MR) is 82.9 cm³/mol. The zero-order valence-corrected chi connectivity index (χ0v) is 13.7. The maximum Gasteiger partial charge on any atom is 0.0583 e. The van der Waals surface area contributed by atoms with Crippen molar-refractivity contribution in [3.63, 3.8) is 0 Å². The Morgan fingerprint density at radius 1 is 1.21 bits per heavy atom. The maximum atomic E-state index is 6.32. The molecule has 2 fully saturated rings. The minimum absolute atomic E-state index is 0.256. The van der Waals surface area contributed by atoms with Crippen LogP contribution in [0.15, 0.2) is 0 Å². The van der Waals surface area contributed by atoms with Crippen LogP contribution in [0.3, 0.4) is 0 Å². The van der Waals surface area contributed by atoms with Crippen molar-refractivity contribution >= 4 is 12.6 Å². The summed E-state index contributed by atoms with van der Waals surface area (Å²) >= 11 is 4.56. The molecule has 2 aliphatic rings. The summed E-state index contributed by atoms with van der Waals surface area (Å²) in [6, 6.07) is 0. The molecule has 0 amide bonds. The second-order valence-corrected chi connectivity index (χ2v) is 7.93. The van der Waals surface area contributed by atoms with E-state index in [1.165, 1.54) is 19.3 Å². The lowest BCUT2D eigenvalue weighted by Gasteiger charge is -2.41. The van der Waals surface area contributed by atoms with Gasteiger partial charge in [0.2, 0.25) is 0 Å². The lowest BCUT2D eigenvalue weighted by atomic mass is 9.71. The highest BCUT2D eigenvalue weighted by atomic mass is 32.1. The third-order valence-corrected chi connectivity index (χ3v) is 5.53. The number of hydrogen-bond donors (Lipinski definition) is 1. The van der Waals surface area contributed by atoms with Gasteiger partial charge in [-0.05, 0) is 49.2 Å². The summed E-state index contributed by atoms with van der Waals surface area (Å²) < 4.78 is 11.8. The summed E-state index contributed by atoms with van der Waals surface area (Å²) in [5.74, 6) is 1.71. The first-order valence-corrected chi connectivity index (χ1v) is 8.38. The zero-order chi connectivity index (χ0) is 13.9. The van der Waals surface area contributed by atoms with Gasteiger partial charge in [0.1, 0.15) is 0 Å². The first-order chi connectivity index (χ1) is 8.95. The SMILES string of the molecule is CC1CC(OCC2(CS)CCOCC2)CC(C)(C)C1. The molecule has 0 aromatic rings. The quantitative estimate of drug-likeness (QED) is 0.789. The van der Waals surface area contributed by atoms with E-state index in [2.05, 4.69) is 33.4 Å². The number of rotatable bonds is 4. The second-order valence-electron chi connectivity index (χ2n) is 7.62. The van der Waals surface area contributed by atoms with Crippen molar-refractivity contribution < 1.29 is 9.47 Å². The lowest BCUT2D eigenvalue weighted by Crippen LogP contribution is -2.39. The fourth-order valence-electron chi connectivity index (χ4n) is 3.83. The Hall–Kier alpha value is 0.270. The van der Waals surface area contributed by atoms with Gasteiger partial charge in [0, 0.05) is 18.6 Å². The monoisotopic (exact) mass is 286 g/mol. The van der Waals surface area contributed by atoms with Crippen LogP contribution >= 0.6 is 12.6 Å². The van der Waals surface area contributed by atoms with Gasteiger partial charge in [-0.2, -0.15) is 12.6 Å². The fraction of sp³-hybridized carbons (Fsp3) is 1.00. The van der Waals surface area contributed by atoms with Crippen LogP contribution in [0, 0.1) is 16.7 Å². The molecule has 2 rings (SSSR count). The topological polar surface area (TPSA) is 18.5 Å². The smallest absolute Gasteiger partial charge is 0.0583 e. The van der Waals surface area contributed by atoms with Crippen LogP contribution in [0.5, 0.6) is 0 Å². The van der Waals surface area contributed by atoms with Crippen molar-refractivity contribution in [2.24, 2.45) is 16.7 Å². The molecular weight excluding hydrogens is 256 g/mol. The maximum absolute atomic E-state index is 6.32. The molecule has 3 heteroatoms. The van der Waals surface area contributed by atoms with E-state index in [-0.39, 0.29) is 5.41 Å². The molecule has 112 valence electrons. The molecule has 0 radical (unpaired) electrons. The van der Waals surface area contributed by atoms with Crippen LogP contribution in [0.1, 0.15) is 52.9 Å². The number of hydrogen-bond acceptors (Lipinski definition) is 3. The van der Waals surface area contributed by atoms with Crippen LogP contribution in [0.25, 0.3) is 0 Å². The van der Waals surface area contributed by atoms with E-state index >= 15 is 0 Å². The Morgan fingerprint density at radius 3 is 2.47 bits per heavy atom. The first-order valence-electron chi connectivity index (χ1n) is 7.75. The van der Waals surface area contributed by atoms with Crippen molar-refractivity contribution in [3.8, 4) is 0 Å². The summed E-state index contributed by atoms with van der Waals surface area (Å²) in [5, 5.41) is 0. The molecule has 0 aromatic carbocycles. The molecule has 2 nitrogen and oxygen atoms in total. The molecule has 1 aliphatic heterocycles. The molecule has 1 saturated carbocycles. The van der Waals surface area contributed by atoms with Gasteiger partial charge in [-0.1, -0.05) is 20.8 Å². The van der Waals surface area contributed by atoms with Crippen molar-refractivity contribution in [2.45, 2.75) is 59.0 Å². The zero-order valence-electron chi connectivity index (χ0n) is 12.8. The van der Waals surface area contributed by atoms with E-state index in [1.807, 2.05) is 0 Å². The molecule has 0 spiro atoms. The summed E-state index contributed by atoms with van der Waals surface area (Å²) in [4.78, 5) is 0. The molecule has 2 atom stereocenters. The van der Waals surface area contributed by atoms with Gasteiger partial charge in [-0.15, -0.1) is 0 Å². The van der Waals surface area contributed by atoms with Gasteiger partial charge in [-0.3, -0.25) is 0 Å².